The summed E-state index contributed by atoms with van der Waals surface area (Å²) in [6.07, 6.45) is 3.43. The highest BCUT2D eigenvalue weighted by Gasteiger charge is 2.08. The lowest BCUT2D eigenvalue weighted by atomic mass is 10.2. The maximum atomic E-state index is 5.19. The maximum Gasteiger partial charge on any atom is 0.205 e. The smallest absolute Gasteiger partial charge is 0.205 e. The average Bonchev–Trinajstić information content (AvgIpc) is 2.98. The van der Waals surface area contributed by atoms with E-state index in [0.29, 0.717) is 12.4 Å². The van der Waals surface area contributed by atoms with Gasteiger partial charge in [-0.25, -0.2) is 0 Å². The lowest BCUT2D eigenvalue weighted by molar-refractivity contribution is 0.415. The second kappa shape index (κ2) is 5.66. The van der Waals surface area contributed by atoms with E-state index in [9.17, 15) is 0 Å². The number of ether oxygens (including phenoxy) is 1. The molecule has 0 saturated heterocycles. The molecule has 0 aliphatic heterocycles. The molecule has 3 rings (SSSR count). The van der Waals surface area contributed by atoms with Gasteiger partial charge in [-0.05, 0) is 24.3 Å². The Bertz CT molecular complexity index is 737. The molecular weight excluding hydrogens is 268 g/mol. The van der Waals surface area contributed by atoms with E-state index in [0.717, 1.165) is 22.7 Å². The predicted octanol–water partition coefficient (Wildman–Crippen LogP) is 1.50. The fourth-order valence-electron chi connectivity index (χ4n) is 1.83. The molecule has 0 aliphatic carbocycles. The van der Waals surface area contributed by atoms with Crippen molar-refractivity contribution in [3.05, 3.63) is 48.0 Å². The Balaban J connectivity index is 1.81. The van der Waals surface area contributed by atoms with Gasteiger partial charge in [0.25, 0.3) is 0 Å². The first-order chi connectivity index (χ1) is 10.2. The Morgan fingerprint density at radius 1 is 1.19 bits per heavy atom. The largest absolute Gasteiger partial charge is 0.497 e. The molecule has 7 nitrogen and oxygen atoms in total. The summed E-state index contributed by atoms with van der Waals surface area (Å²) in [5.41, 5.74) is 2.52. The molecule has 0 saturated carbocycles. The number of benzene rings is 1. The number of aromatic nitrogens is 6. The molecule has 0 amide bonds. The van der Waals surface area contributed by atoms with Crippen molar-refractivity contribution in [3.8, 4) is 17.1 Å². The van der Waals surface area contributed by atoms with E-state index in [2.05, 4.69) is 25.4 Å². The first-order valence-electron chi connectivity index (χ1n) is 6.44. The topological polar surface area (TPSA) is 78.6 Å². The first kappa shape index (κ1) is 13.2. The third-order valence-electron chi connectivity index (χ3n) is 2.92. The van der Waals surface area contributed by atoms with Crippen LogP contribution in [-0.2, 0) is 6.54 Å². The van der Waals surface area contributed by atoms with Crippen LogP contribution in [0.25, 0.3) is 11.4 Å². The molecule has 0 unspecified atom stereocenters. The van der Waals surface area contributed by atoms with Crippen LogP contribution in [0.1, 0.15) is 11.4 Å². The Hall–Kier alpha value is -2.83. The standard InChI is InChI=1S/C14H14N6O/c1-10-7-16-12(8-15-10)9-20-18-14(17-19-20)11-4-3-5-13(6-11)21-2/h3-8H,9H2,1-2H3. The highest BCUT2D eigenvalue weighted by atomic mass is 16.5. The van der Waals surface area contributed by atoms with Gasteiger partial charge in [0.1, 0.15) is 12.3 Å². The minimum Gasteiger partial charge on any atom is -0.497 e. The third-order valence-corrected chi connectivity index (χ3v) is 2.92. The third kappa shape index (κ3) is 3.02. The number of tetrazole rings is 1. The lowest BCUT2D eigenvalue weighted by Crippen LogP contribution is -2.06. The quantitative estimate of drug-likeness (QED) is 0.721. The fourth-order valence-corrected chi connectivity index (χ4v) is 1.83. The van der Waals surface area contributed by atoms with E-state index >= 15 is 0 Å². The average molecular weight is 282 g/mol. The highest BCUT2D eigenvalue weighted by molar-refractivity contribution is 5.56. The van der Waals surface area contributed by atoms with Crippen LogP contribution in [0.5, 0.6) is 5.75 Å². The fraction of sp³-hybridized carbons (Fsp3) is 0.214. The van der Waals surface area contributed by atoms with Crippen LogP contribution in [0.3, 0.4) is 0 Å². The number of hydrogen-bond acceptors (Lipinski definition) is 6. The molecular formula is C14H14N6O. The van der Waals surface area contributed by atoms with E-state index in [1.54, 1.807) is 19.5 Å². The Morgan fingerprint density at radius 3 is 2.86 bits per heavy atom. The lowest BCUT2D eigenvalue weighted by Gasteiger charge is -2.00. The molecule has 0 radical (unpaired) electrons. The molecule has 2 heterocycles. The molecule has 0 spiro atoms. The molecule has 106 valence electrons. The molecule has 0 N–H and O–H groups in total. The van der Waals surface area contributed by atoms with Crippen LogP contribution >= 0.6 is 0 Å². The van der Waals surface area contributed by atoms with Crippen LogP contribution < -0.4 is 4.74 Å². The summed E-state index contributed by atoms with van der Waals surface area (Å²) in [5.74, 6) is 1.31. The SMILES string of the molecule is COc1cccc(-c2nnn(Cc3cnc(C)cn3)n2)c1. The number of methoxy groups -OCH3 is 1. The van der Waals surface area contributed by atoms with Gasteiger partial charge in [-0.2, -0.15) is 4.80 Å². The summed E-state index contributed by atoms with van der Waals surface area (Å²) in [7, 11) is 1.62. The second-order valence-electron chi connectivity index (χ2n) is 4.52. The Kier molecular flexibility index (Phi) is 3.55. The molecule has 0 aliphatic rings. The summed E-state index contributed by atoms with van der Waals surface area (Å²) in [6, 6.07) is 7.54. The van der Waals surface area contributed by atoms with E-state index < -0.39 is 0 Å². The minimum absolute atomic E-state index is 0.435. The number of aryl methyl sites for hydroxylation is 1. The second-order valence-corrected chi connectivity index (χ2v) is 4.52. The normalized spacial score (nSPS) is 10.6. The van der Waals surface area contributed by atoms with Crippen molar-refractivity contribution in [2.24, 2.45) is 0 Å². The molecule has 7 heteroatoms. The minimum atomic E-state index is 0.435. The Morgan fingerprint density at radius 2 is 2.10 bits per heavy atom. The van der Waals surface area contributed by atoms with Gasteiger partial charge in [-0.1, -0.05) is 12.1 Å². The molecule has 21 heavy (non-hydrogen) atoms. The van der Waals surface area contributed by atoms with Crippen molar-refractivity contribution < 1.29 is 4.74 Å². The molecule has 1 aromatic carbocycles. The van der Waals surface area contributed by atoms with Gasteiger partial charge in [-0.15, -0.1) is 10.2 Å². The van der Waals surface area contributed by atoms with E-state index in [1.165, 1.54) is 4.80 Å². The Labute approximate surface area is 121 Å². The van der Waals surface area contributed by atoms with Gasteiger partial charge >= 0.3 is 0 Å². The van der Waals surface area contributed by atoms with Gasteiger partial charge in [0, 0.05) is 11.8 Å². The van der Waals surface area contributed by atoms with Crippen molar-refractivity contribution in [1.82, 2.24) is 30.2 Å². The van der Waals surface area contributed by atoms with Crippen LogP contribution in [0.4, 0.5) is 0 Å². The van der Waals surface area contributed by atoms with Gasteiger partial charge < -0.3 is 4.74 Å². The highest BCUT2D eigenvalue weighted by Crippen LogP contribution is 2.19. The van der Waals surface area contributed by atoms with E-state index in [4.69, 9.17) is 4.74 Å². The van der Waals surface area contributed by atoms with Crippen LogP contribution in [0.2, 0.25) is 0 Å². The molecule has 0 atom stereocenters. The molecule has 2 aromatic heterocycles. The summed E-state index contributed by atoms with van der Waals surface area (Å²) >= 11 is 0. The zero-order chi connectivity index (χ0) is 14.7. The number of nitrogens with zero attached hydrogens (tertiary/aromatic N) is 6. The number of hydrogen-bond donors (Lipinski definition) is 0. The van der Waals surface area contributed by atoms with Gasteiger partial charge in [0.2, 0.25) is 5.82 Å². The molecule has 0 fully saturated rings. The van der Waals surface area contributed by atoms with E-state index in [-0.39, 0.29) is 0 Å². The van der Waals surface area contributed by atoms with Gasteiger partial charge in [-0.3, -0.25) is 9.97 Å². The zero-order valence-electron chi connectivity index (χ0n) is 11.8. The number of rotatable bonds is 4. The molecule has 3 aromatic rings. The van der Waals surface area contributed by atoms with Crippen molar-refractivity contribution in [3.63, 3.8) is 0 Å². The van der Waals surface area contributed by atoms with Crippen molar-refractivity contribution in [2.45, 2.75) is 13.5 Å². The van der Waals surface area contributed by atoms with Crippen molar-refractivity contribution in [2.75, 3.05) is 7.11 Å². The van der Waals surface area contributed by atoms with Gasteiger partial charge in [0.15, 0.2) is 0 Å². The molecule has 0 bridgehead atoms. The van der Waals surface area contributed by atoms with Crippen molar-refractivity contribution in [1.29, 1.82) is 0 Å². The van der Waals surface area contributed by atoms with Crippen molar-refractivity contribution >= 4 is 0 Å². The van der Waals surface area contributed by atoms with Crippen LogP contribution in [-0.4, -0.2) is 37.3 Å². The van der Waals surface area contributed by atoms with Crippen LogP contribution in [0.15, 0.2) is 36.7 Å². The summed E-state index contributed by atoms with van der Waals surface area (Å²) in [6.45, 7) is 2.33. The summed E-state index contributed by atoms with van der Waals surface area (Å²) in [5, 5.41) is 12.4. The predicted molar refractivity (Wildman–Crippen MR) is 75.7 cm³/mol. The summed E-state index contributed by atoms with van der Waals surface area (Å²) in [4.78, 5) is 9.96. The zero-order valence-corrected chi connectivity index (χ0v) is 11.8. The van der Waals surface area contributed by atoms with E-state index in [1.807, 2.05) is 31.2 Å². The monoisotopic (exact) mass is 282 g/mol. The maximum absolute atomic E-state index is 5.19. The summed E-state index contributed by atoms with van der Waals surface area (Å²) < 4.78 is 5.19. The first-order valence-corrected chi connectivity index (χ1v) is 6.44. The van der Waals surface area contributed by atoms with Crippen LogP contribution in [0, 0.1) is 6.92 Å². The van der Waals surface area contributed by atoms with Gasteiger partial charge in [0.05, 0.1) is 24.7 Å².